The zero-order valence-electron chi connectivity index (χ0n) is 11.7. The fourth-order valence-corrected chi connectivity index (χ4v) is 2.46. The fourth-order valence-electron chi connectivity index (χ4n) is 1.89. The number of ether oxygens (including phenoxy) is 2. The Labute approximate surface area is 138 Å². The predicted molar refractivity (Wildman–Crippen MR) is 89.3 cm³/mol. The van der Waals surface area contributed by atoms with Crippen molar-refractivity contribution < 1.29 is 9.47 Å². The summed E-state index contributed by atoms with van der Waals surface area (Å²) >= 11 is 9.41. The second-order valence-electron chi connectivity index (χ2n) is 4.44. The minimum absolute atomic E-state index is 0.477. The third-order valence-electron chi connectivity index (χ3n) is 2.80. The van der Waals surface area contributed by atoms with Crippen molar-refractivity contribution in [1.82, 2.24) is 5.32 Å². The van der Waals surface area contributed by atoms with E-state index in [1.165, 1.54) is 0 Å². The van der Waals surface area contributed by atoms with Gasteiger partial charge in [-0.05, 0) is 43.4 Å². The monoisotopic (exact) mass is 369 g/mol. The van der Waals surface area contributed by atoms with Crippen molar-refractivity contribution in [3.05, 3.63) is 57.5 Å². The average molecular weight is 371 g/mol. The van der Waals surface area contributed by atoms with E-state index in [0.29, 0.717) is 24.8 Å². The van der Waals surface area contributed by atoms with Crippen molar-refractivity contribution in [3.63, 3.8) is 0 Å². The van der Waals surface area contributed by atoms with Crippen LogP contribution < -0.4 is 14.8 Å². The van der Waals surface area contributed by atoms with E-state index in [1.54, 1.807) is 0 Å². The Bertz CT molecular complexity index is 592. The zero-order valence-corrected chi connectivity index (χ0v) is 14.1. The number of benzene rings is 2. The molecular formula is C16H17BrClNO2. The molecule has 0 heterocycles. The summed E-state index contributed by atoms with van der Waals surface area (Å²) in [5, 5.41) is 3.81. The summed E-state index contributed by atoms with van der Waals surface area (Å²) in [6.45, 7) is 1.67. The van der Waals surface area contributed by atoms with Crippen LogP contribution in [-0.4, -0.2) is 20.3 Å². The highest BCUT2D eigenvalue weighted by Gasteiger charge is 2.04. The number of rotatable bonds is 7. The van der Waals surface area contributed by atoms with Gasteiger partial charge in [0.25, 0.3) is 0 Å². The van der Waals surface area contributed by atoms with Crippen LogP contribution in [0.5, 0.6) is 11.5 Å². The van der Waals surface area contributed by atoms with Crippen LogP contribution in [0.2, 0.25) is 5.02 Å². The third-order valence-corrected chi connectivity index (χ3v) is 3.52. The molecule has 0 aliphatic heterocycles. The Kier molecular flexibility index (Phi) is 6.36. The van der Waals surface area contributed by atoms with E-state index in [1.807, 2.05) is 49.5 Å². The van der Waals surface area contributed by atoms with Gasteiger partial charge in [0.2, 0.25) is 0 Å². The summed E-state index contributed by atoms with van der Waals surface area (Å²) in [5.41, 5.74) is 1.03. The molecule has 0 aliphatic carbocycles. The first-order chi connectivity index (χ1) is 10.2. The molecule has 0 unspecified atom stereocenters. The standard InChI is InChI=1S/C16H17BrClNO2/c1-19-11-12-9-14(18)5-6-16(12)21-8-7-20-15-4-2-3-13(17)10-15/h2-6,9-10,19H,7-8,11H2,1H3. The van der Waals surface area contributed by atoms with Gasteiger partial charge in [0.15, 0.2) is 0 Å². The largest absolute Gasteiger partial charge is 0.490 e. The summed E-state index contributed by atoms with van der Waals surface area (Å²) in [7, 11) is 1.89. The van der Waals surface area contributed by atoms with Gasteiger partial charge in [-0.3, -0.25) is 0 Å². The first-order valence-corrected chi connectivity index (χ1v) is 7.80. The van der Waals surface area contributed by atoms with Crippen molar-refractivity contribution in [2.75, 3.05) is 20.3 Å². The molecule has 0 aliphatic rings. The molecular weight excluding hydrogens is 354 g/mol. The summed E-state index contributed by atoms with van der Waals surface area (Å²) < 4.78 is 12.4. The number of hydrogen-bond donors (Lipinski definition) is 1. The first kappa shape index (κ1) is 16.1. The van der Waals surface area contributed by atoms with Crippen LogP contribution in [0.3, 0.4) is 0 Å². The van der Waals surface area contributed by atoms with Gasteiger partial charge in [0.1, 0.15) is 24.7 Å². The molecule has 112 valence electrons. The molecule has 0 amide bonds. The molecule has 3 nitrogen and oxygen atoms in total. The minimum atomic E-state index is 0.477. The van der Waals surface area contributed by atoms with Crippen LogP contribution in [0.15, 0.2) is 46.9 Å². The van der Waals surface area contributed by atoms with Crippen molar-refractivity contribution >= 4 is 27.5 Å². The molecule has 0 aromatic heterocycles. The molecule has 21 heavy (non-hydrogen) atoms. The molecule has 0 saturated carbocycles. The van der Waals surface area contributed by atoms with Crippen molar-refractivity contribution in [2.45, 2.75) is 6.54 Å². The molecule has 2 rings (SSSR count). The first-order valence-electron chi connectivity index (χ1n) is 6.63. The Hall–Kier alpha value is -1.23. The maximum atomic E-state index is 6.00. The summed E-state index contributed by atoms with van der Waals surface area (Å²) in [5.74, 6) is 1.64. The molecule has 2 aromatic carbocycles. The van der Waals surface area contributed by atoms with Crippen molar-refractivity contribution in [2.24, 2.45) is 0 Å². The van der Waals surface area contributed by atoms with E-state index in [9.17, 15) is 0 Å². The molecule has 0 fully saturated rings. The molecule has 0 bridgehead atoms. The lowest BCUT2D eigenvalue weighted by Crippen LogP contribution is -2.12. The molecule has 2 aromatic rings. The van der Waals surface area contributed by atoms with E-state index in [-0.39, 0.29) is 0 Å². The highest BCUT2D eigenvalue weighted by Crippen LogP contribution is 2.23. The van der Waals surface area contributed by atoms with Gasteiger partial charge in [-0.15, -0.1) is 0 Å². The summed E-state index contributed by atoms with van der Waals surface area (Å²) in [4.78, 5) is 0. The summed E-state index contributed by atoms with van der Waals surface area (Å²) in [6, 6.07) is 13.3. The van der Waals surface area contributed by atoms with Gasteiger partial charge in [-0.2, -0.15) is 0 Å². The molecule has 5 heteroatoms. The summed E-state index contributed by atoms with van der Waals surface area (Å²) in [6.07, 6.45) is 0. The minimum Gasteiger partial charge on any atom is -0.490 e. The topological polar surface area (TPSA) is 30.5 Å². The SMILES string of the molecule is CNCc1cc(Cl)ccc1OCCOc1cccc(Br)c1. The number of hydrogen-bond acceptors (Lipinski definition) is 3. The molecule has 0 atom stereocenters. The third kappa shape index (κ3) is 5.23. The normalized spacial score (nSPS) is 10.4. The van der Waals surface area contributed by atoms with Crippen LogP contribution in [0.25, 0.3) is 0 Å². The lowest BCUT2D eigenvalue weighted by atomic mass is 10.2. The Morgan fingerprint density at radius 3 is 2.67 bits per heavy atom. The molecule has 0 radical (unpaired) electrons. The van der Waals surface area contributed by atoms with Crippen LogP contribution in [0, 0.1) is 0 Å². The number of halogens is 2. The van der Waals surface area contributed by atoms with Gasteiger partial charge in [0.05, 0.1) is 0 Å². The molecule has 0 spiro atoms. The van der Waals surface area contributed by atoms with Gasteiger partial charge in [-0.1, -0.05) is 33.6 Å². The zero-order chi connectivity index (χ0) is 15.1. The average Bonchev–Trinajstić information content (AvgIpc) is 2.46. The van der Waals surface area contributed by atoms with E-state index in [4.69, 9.17) is 21.1 Å². The maximum Gasteiger partial charge on any atom is 0.124 e. The quantitative estimate of drug-likeness (QED) is 0.738. The molecule has 1 N–H and O–H groups in total. The highest BCUT2D eigenvalue weighted by molar-refractivity contribution is 9.10. The van der Waals surface area contributed by atoms with Gasteiger partial charge in [0, 0.05) is 21.6 Å². The van der Waals surface area contributed by atoms with Crippen molar-refractivity contribution in [3.8, 4) is 11.5 Å². The van der Waals surface area contributed by atoms with E-state index in [0.717, 1.165) is 21.5 Å². The lowest BCUT2D eigenvalue weighted by molar-refractivity contribution is 0.215. The van der Waals surface area contributed by atoms with Crippen LogP contribution >= 0.6 is 27.5 Å². The Morgan fingerprint density at radius 1 is 1.10 bits per heavy atom. The lowest BCUT2D eigenvalue weighted by Gasteiger charge is -2.12. The van der Waals surface area contributed by atoms with E-state index < -0.39 is 0 Å². The maximum absolute atomic E-state index is 6.00. The predicted octanol–water partition coefficient (Wildman–Crippen LogP) is 4.28. The Balaban J connectivity index is 1.86. The van der Waals surface area contributed by atoms with E-state index in [2.05, 4.69) is 21.2 Å². The van der Waals surface area contributed by atoms with Gasteiger partial charge in [-0.25, -0.2) is 0 Å². The van der Waals surface area contributed by atoms with Crippen molar-refractivity contribution in [1.29, 1.82) is 0 Å². The second kappa shape index (κ2) is 8.27. The van der Waals surface area contributed by atoms with Crippen LogP contribution in [0.1, 0.15) is 5.56 Å². The Morgan fingerprint density at radius 2 is 1.90 bits per heavy atom. The highest BCUT2D eigenvalue weighted by atomic mass is 79.9. The fraction of sp³-hybridized carbons (Fsp3) is 0.250. The number of nitrogens with one attached hydrogen (secondary N) is 1. The van der Waals surface area contributed by atoms with E-state index >= 15 is 0 Å². The second-order valence-corrected chi connectivity index (χ2v) is 5.79. The van der Waals surface area contributed by atoms with Gasteiger partial charge >= 0.3 is 0 Å². The molecule has 0 saturated heterocycles. The van der Waals surface area contributed by atoms with Crippen LogP contribution in [-0.2, 0) is 6.54 Å². The smallest absolute Gasteiger partial charge is 0.124 e. The van der Waals surface area contributed by atoms with Crippen LogP contribution in [0.4, 0.5) is 0 Å². The van der Waals surface area contributed by atoms with Gasteiger partial charge < -0.3 is 14.8 Å².